The number of pyridine rings is 2. The van der Waals surface area contributed by atoms with Crippen LogP contribution in [0.2, 0.25) is 0 Å². The van der Waals surface area contributed by atoms with Gasteiger partial charge in [0.05, 0.1) is 43.7 Å². The highest BCUT2D eigenvalue weighted by Crippen LogP contribution is 2.31. The number of hydrogen-bond acceptors (Lipinski definition) is 9. The first-order valence-electron chi connectivity index (χ1n) is 15.0. The van der Waals surface area contributed by atoms with E-state index < -0.39 is 5.97 Å². The van der Waals surface area contributed by atoms with Gasteiger partial charge in [0.15, 0.2) is 11.3 Å². The summed E-state index contributed by atoms with van der Waals surface area (Å²) in [6.07, 6.45) is 2.99. The van der Waals surface area contributed by atoms with E-state index in [0.29, 0.717) is 48.8 Å². The van der Waals surface area contributed by atoms with Gasteiger partial charge in [0.1, 0.15) is 23.7 Å². The number of aromatic nitrogens is 4. The summed E-state index contributed by atoms with van der Waals surface area (Å²) in [4.78, 5) is 26.6. The zero-order chi connectivity index (χ0) is 30.8. The van der Waals surface area contributed by atoms with Crippen molar-refractivity contribution in [3.63, 3.8) is 0 Å². The third-order valence-electron chi connectivity index (χ3n) is 8.24. The smallest absolute Gasteiger partial charge is 0.356 e. The van der Waals surface area contributed by atoms with Crippen molar-refractivity contribution < 1.29 is 23.7 Å². The van der Waals surface area contributed by atoms with E-state index in [9.17, 15) is 10.1 Å². The van der Waals surface area contributed by atoms with Crippen molar-refractivity contribution in [2.75, 3.05) is 20.3 Å². The Kier molecular flexibility index (Phi) is 7.84. The first kappa shape index (κ1) is 28.5. The number of carbonyl (C=O) groups is 1. The Morgan fingerprint density at radius 2 is 1.93 bits per heavy atom. The zero-order valence-electron chi connectivity index (χ0n) is 24.9. The molecule has 0 spiro atoms. The van der Waals surface area contributed by atoms with Gasteiger partial charge in [0.25, 0.3) is 0 Å². The van der Waals surface area contributed by atoms with Crippen LogP contribution in [-0.4, -0.2) is 51.9 Å². The Hall–Kier alpha value is -5.27. The molecule has 1 saturated heterocycles. The van der Waals surface area contributed by atoms with Crippen molar-refractivity contribution >= 4 is 17.1 Å². The molecule has 10 heteroatoms. The second-order valence-electron chi connectivity index (χ2n) is 11.1. The van der Waals surface area contributed by atoms with Gasteiger partial charge in [0.2, 0.25) is 5.88 Å². The number of carbonyl (C=O) groups excluding carboxylic acids is 1. The maximum absolute atomic E-state index is 12.3. The van der Waals surface area contributed by atoms with Crippen LogP contribution in [0.1, 0.15) is 51.4 Å². The second kappa shape index (κ2) is 12.4. The van der Waals surface area contributed by atoms with Gasteiger partial charge in [-0.3, -0.25) is 0 Å². The minimum atomic E-state index is -0.494. The van der Waals surface area contributed by atoms with Crippen molar-refractivity contribution in [1.29, 1.82) is 5.26 Å². The molecule has 7 rings (SSSR count). The number of nitrogens with zero attached hydrogens (tertiary/aromatic N) is 5. The highest BCUT2D eigenvalue weighted by Gasteiger charge is 2.24. The lowest BCUT2D eigenvalue weighted by atomic mass is 10.0. The summed E-state index contributed by atoms with van der Waals surface area (Å²) >= 11 is 0. The third kappa shape index (κ3) is 5.95. The van der Waals surface area contributed by atoms with E-state index in [1.54, 1.807) is 12.1 Å². The molecule has 1 fully saturated rings. The lowest BCUT2D eigenvalue weighted by Crippen LogP contribution is -2.32. The van der Waals surface area contributed by atoms with Crippen molar-refractivity contribution in [3.8, 4) is 29.0 Å². The lowest BCUT2D eigenvalue weighted by Gasteiger charge is -2.27. The average molecular weight is 602 g/mol. The summed E-state index contributed by atoms with van der Waals surface area (Å²) < 4.78 is 25.3. The number of methoxy groups -OCH3 is 1. The van der Waals surface area contributed by atoms with Gasteiger partial charge in [-0.2, -0.15) is 5.26 Å². The van der Waals surface area contributed by atoms with E-state index in [1.807, 2.05) is 53.1 Å². The highest BCUT2D eigenvalue weighted by molar-refractivity contribution is 5.89. The van der Waals surface area contributed by atoms with Crippen LogP contribution >= 0.6 is 0 Å². The fraction of sp³-hybridized carbons (Fsp3) is 0.286. The monoisotopic (exact) mass is 601 g/mol. The quantitative estimate of drug-likeness (QED) is 0.243. The molecule has 0 aliphatic carbocycles. The van der Waals surface area contributed by atoms with Gasteiger partial charge < -0.3 is 23.5 Å². The van der Waals surface area contributed by atoms with E-state index in [-0.39, 0.29) is 11.8 Å². The Morgan fingerprint density at radius 3 is 2.76 bits per heavy atom. The zero-order valence-corrected chi connectivity index (χ0v) is 24.9. The van der Waals surface area contributed by atoms with Crippen LogP contribution in [0.15, 0.2) is 66.7 Å². The van der Waals surface area contributed by atoms with Crippen molar-refractivity contribution in [2.45, 2.75) is 44.9 Å². The number of esters is 1. The molecule has 4 bridgehead atoms. The molecule has 0 unspecified atom stereocenters. The number of rotatable bonds is 5. The number of benzene rings is 2. The number of ether oxygens (including phenoxy) is 4. The van der Waals surface area contributed by atoms with Crippen molar-refractivity contribution in [1.82, 2.24) is 19.5 Å². The first-order valence-corrected chi connectivity index (χ1v) is 15.0. The number of aryl methyl sites for hydroxylation is 1. The predicted octanol–water partition coefficient (Wildman–Crippen LogP) is 5.44. The van der Waals surface area contributed by atoms with Crippen LogP contribution in [0.25, 0.3) is 22.4 Å². The largest absolute Gasteiger partial charge is 0.493 e. The molecule has 0 saturated carbocycles. The van der Waals surface area contributed by atoms with Gasteiger partial charge in [-0.1, -0.05) is 24.3 Å². The molecule has 2 aromatic carbocycles. The molecule has 3 aromatic heterocycles. The molecule has 10 nitrogen and oxygen atoms in total. The SMILES string of the molecule is COC(=O)c1ccc2nc(Cc3ccc4cc3OCCCc3cc(C#N)ccc3COc3cccc-4n3)n(C[C@@H]3CCO3)c2n1. The second-order valence-corrected chi connectivity index (χ2v) is 11.1. The van der Waals surface area contributed by atoms with Crippen LogP contribution in [0.5, 0.6) is 11.6 Å². The van der Waals surface area contributed by atoms with Crippen LogP contribution in [0, 0.1) is 11.3 Å². The number of hydrogen-bond donors (Lipinski definition) is 0. The fourth-order valence-electron chi connectivity index (χ4n) is 5.71. The van der Waals surface area contributed by atoms with Gasteiger partial charge in [-0.25, -0.2) is 19.7 Å². The highest BCUT2D eigenvalue weighted by atomic mass is 16.5. The molecule has 5 aromatic rings. The van der Waals surface area contributed by atoms with Crippen LogP contribution < -0.4 is 9.47 Å². The van der Waals surface area contributed by atoms with E-state index in [1.165, 1.54) is 7.11 Å². The molecular weight excluding hydrogens is 570 g/mol. The van der Waals surface area contributed by atoms with E-state index >= 15 is 0 Å². The van der Waals surface area contributed by atoms with Crippen molar-refractivity contribution in [3.05, 3.63) is 101 Å². The standard InChI is InChI=1S/C35H31N5O5/c1-42-35(41)30-12-11-29-34(39-30)40(20-27-13-15-43-27)32(37-29)18-25-10-9-24-17-31(25)44-14-3-4-23-16-22(19-36)7-8-26(23)21-45-33-6-2-5-28(24)38-33/h2,5-12,16-17,27H,3-4,13-15,18,20-21H2,1H3/t27-/m0/s1. The predicted molar refractivity (Wildman–Crippen MR) is 165 cm³/mol. The summed E-state index contributed by atoms with van der Waals surface area (Å²) in [5.41, 5.74) is 6.90. The van der Waals surface area contributed by atoms with Gasteiger partial charge in [-0.05, 0) is 66.8 Å². The lowest BCUT2D eigenvalue weighted by molar-refractivity contribution is -0.0590. The first-order chi connectivity index (χ1) is 22.1. The van der Waals surface area contributed by atoms with Gasteiger partial charge >= 0.3 is 5.97 Å². The minimum absolute atomic E-state index is 0.0615. The minimum Gasteiger partial charge on any atom is -0.493 e. The molecule has 0 amide bonds. The molecule has 2 aliphatic heterocycles. The molecule has 45 heavy (non-hydrogen) atoms. The maximum Gasteiger partial charge on any atom is 0.356 e. The summed E-state index contributed by atoms with van der Waals surface area (Å²) in [5.74, 6) is 1.57. The molecule has 1 atom stereocenters. The fourth-order valence-corrected chi connectivity index (χ4v) is 5.71. The Balaban J connectivity index is 1.25. The average Bonchev–Trinajstić information content (AvgIpc) is 3.39. The third-order valence-corrected chi connectivity index (χ3v) is 8.24. The van der Waals surface area contributed by atoms with Crippen LogP contribution in [0.3, 0.4) is 0 Å². The van der Waals surface area contributed by atoms with Gasteiger partial charge in [0, 0.05) is 30.2 Å². The maximum atomic E-state index is 12.3. The molecule has 0 N–H and O–H groups in total. The van der Waals surface area contributed by atoms with E-state index in [4.69, 9.17) is 28.9 Å². The molecule has 5 heterocycles. The van der Waals surface area contributed by atoms with Crippen LogP contribution in [-0.2, 0) is 35.5 Å². The molecule has 2 aliphatic rings. The van der Waals surface area contributed by atoms with Crippen LogP contribution in [0.4, 0.5) is 0 Å². The van der Waals surface area contributed by atoms with Crippen molar-refractivity contribution in [2.24, 2.45) is 0 Å². The number of imidazole rings is 1. The Labute approximate surface area is 260 Å². The molecule has 226 valence electrons. The van der Waals surface area contributed by atoms with Gasteiger partial charge in [-0.15, -0.1) is 0 Å². The summed E-state index contributed by atoms with van der Waals surface area (Å²) in [7, 11) is 1.34. The summed E-state index contributed by atoms with van der Waals surface area (Å²) in [6, 6.07) is 23.2. The number of fused-ring (bicyclic) bond motifs is 7. The Bertz CT molecular complexity index is 1940. The normalized spacial score (nSPS) is 15.9. The van der Waals surface area contributed by atoms with E-state index in [2.05, 4.69) is 17.1 Å². The molecule has 0 radical (unpaired) electrons. The summed E-state index contributed by atoms with van der Waals surface area (Å²) in [5, 5.41) is 9.46. The van der Waals surface area contributed by atoms with E-state index in [0.717, 1.165) is 65.4 Å². The Morgan fingerprint density at radius 1 is 1.02 bits per heavy atom. The number of nitriles is 1. The summed E-state index contributed by atoms with van der Waals surface area (Å²) in [6.45, 7) is 2.16. The topological polar surface area (TPSA) is 121 Å². The molecular formula is C35H31N5O5.